The smallest absolute Gasteiger partial charge is 0.138 e. The van der Waals surface area contributed by atoms with E-state index in [1.807, 2.05) is 18.2 Å². The zero-order chi connectivity index (χ0) is 8.72. The number of benzene rings is 1. The molecule has 0 fully saturated rings. The third-order valence-corrected chi connectivity index (χ3v) is 3.84. The lowest BCUT2D eigenvalue weighted by Gasteiger charge is -1.96. The maximum atomic E-state index is 9.61. The van der Waals surface area contributed by atoms with Gasteiger partial charge >= 0.3 is 0 Å². The van der Waals surface area contributed by atoms with Gasteiger partial charge in [-0.1, -0.05) is 0 Å². The summed E-state index contributed by atoms with van der Waals surface area (Å²) in [7, 11) is 0. The van der Waals surface area contributed by atoms with E-state index in [1.165, 1.54) is 0 Å². The Morgan fingerprint density at radius 3 is 2.75 bits per heavy atom. The minimum atomic E-state index is 0.314. The average molecular weight is 308 g/mol. The molecule has 1 aromatic carbocycles. The van der Waals surface area contributed by atoms with Crippen LogP contribution in [0.15, 0.2) is 26.5 Å². The zero-order valence-electron chi connectivity index (χ0n) is 5.84. The first-order valence-corrected chi connectivity index (χ1v) is 5.65. The van der Waals surface area contributed by atoms with E-state index >= 15 is 0 Å². The molecule has 0 radical (unpaired) electrons. The summed E-state index contributed by atoms with van der Waals surface area (Å²) in [6, 6.07) is 5.75. The molecule has 0 spiro atoms. The van der Waals surface area contributed by atoms with Gasteiger partial charge in [-0.3, -0.25) is 0 Å². The molecule has 4 heteroatoms. The normalized spacial score (nSPS) is 10.8. The molecule has 0 saturated carbocycles. The Morgan fingerprint density at radius 2 is 2.00 bits per heavy atom. The van der Waals surface area contributed by atoms with Crippen molar-refractivity contribution < 1.29 is 5.11 Å². The van der Waals surface area contributed by atoms with Gasteiger partial charge in [0, 0.05) is 10.1 Å². The highest BCUT2D eigenvalue weighted by molar-refractivity contribution is 9.11. The molecule has 1 aromatic heterocycles. The van der Waals surface area contributed by atoms with Crippen molar-refractivity contribution in [1.29, 1.82) is 0 Å². The highest BCUT2D eigenvalue weighted by Crippen LogP contribution is 2.38. The zero-order valence-corrected chi connectivity index (χ0v) is 9.83. The molecule has 1 heterocycles. The van der Waals surface area contributed by atoms with Gasteiger partial charge in [-0.25, -0.2) is 0 Å². The third kappa shape index (κ3) is 1.28. The summed E-state index contributed by atoms with van der Waals surface area (Å²) in [6.07, 6.45) is 0. The molecular weight excluding hydrogens is 304 g/mol. The fourth-order valence-electron chi connectivity index (χ4n) is 1.04. The second kappa shape index (κ2) is 3.01. The fourth-order valence-corrected chi connectivity index (χ4v) is 2.93. The standard InChI is InChI=1S/C8H4Br2OS/c9-5-1-2-6-4(8(5)11)3-7(10)12-6/h1-3,11H. The van der Waals surface area contributed by atoms with Crippen LogP contribution in [0.1, 0.15) is 0 Å². The molecule has 0 unspecified atom stereocenters. The maximum Gasteiger partial charge on any atom is 0.138 e. The number of hydrogen-bond acceptors (Lipinski definition) is 2. The summed E-state index contributed by atoms with van der Waals surface area (Å²) in [5.74, 6) is 0.314. The second-order valence-electron chi connectivity index (χ2n) is 2.36. The molecule has 12 heavy (non-hydrogen) atoms. The molecule has 0 atom stereocenters. The highest BCUT2D eigenvalue weighted by atomic mass is 79.9. The summed E-state index contributed by atoms with van der Waals surface area (Å²) in [4.78, 5) is 0. The lowest BCUT2D eigenvalue weighted by atomic mass is 10.2. The Hall–Kier alpha value is -0.0600. The molecule has 2 aromatic rings. The Morgan fingerprint density at radius 1 is 1.25 bits per heavy atom. The van der Waals surface area contributed by atoms with Crippen LogP contribution in [-0.4, -0.2) is 5.11 Å². The van der Waals surface area contributed by atoms with Crippen molar-refractivity contribution in [2.75, 3.05) is 0 Å². The van der Waals surface area contributed by atoms with E-state index in [-0.39, 0.29) is 0 Å². The molecule has 0 bridgehead atoms. The lowest BCUT2D eigenvalue weighted by molar-refractivity contribution is 0.478. The number of rotatable bonds is 0. The van der Waals surface area contributed by atoms with Gasteiger partial charge < -0.3 is 5.11 Å². The highest BCUT2D eigenvalue weighted by Gasteiger charge is 2.06. The van der Waals surface area contributed by atoms with Crippen molar-refractivity contribution in [3.8, 4) is 5.75 Å². The van der Waals surface area contributed by atoms with Crippen LogP contribution in [0.3, 0.4) is 0 Å². The second-order valence-corrected chi connectivity index (χ2v) is 5.68. The largest absolute Gasteiger partial charge is 0.506 e. The van der Waals surface area contributed by atoms with Gasteiger partial charge in [0.15, 0.2) is 0 Å². The molecule has 0 aliphatic carbocycles. The lowest BCUT2D eigenvalue weighted by Crippen LogP contribution is -1.68. The summed E-state index contributed by atoms with van der Waals surface area (Å²) in [6.45, 7) is 0. The predicted molar refractivity (Wildman–Crippen MR) is 58.9 cm³/mol. The van der Waals surface area contributed by atoms with Gasteiger partial charge in [0.1, 0.15) is 5.75 Å². The average Bonchev–Trinajstić information content (AvgIpc) is 2.39. The molecule has 0 saturated heterocycles. The van der Waals surface area contributed by atoms with Gasteiger partial charge in [-0.2, -0.15) is 0 Å². The summed E-state index contributed by atoms with van der Waals surface area (Å²) in [5.41, 5.74) is 0. The molecule has 0 amide bonds. The molecule has 0 aliphatic heterocycles. The van der Waals surface area contributed by atoms with Crippen molar-refractivity contribution in [3.05, 3.63) is 26.5 Å². The predicted octanol–water partition coefficient (Wildman–Crippen LogP) is 4.13. The van der Waals surface area contributed by atoms with Crippen LogP contribution in [-0.2, 0) is 0 Å². The molecule has 1 nitrogen and oxygen atoms in total. The maximum absolute atomic E-state index is 9.61. The number of hydrogen-bond donors (Lipinski definition) is 1. The quantitative estimate of drug-likeness (QED) is 0.776. The van der Waals surface area contributed by atoms with Crippen molar-refractivity contribution in [1.82, 2.24) is 0 Å². The Labute approximate surface area is 90.3 Å². The number of aromatic hydroxyl groups is 1. The van der Waals surface area contributed by atoms with Gasteiger partial charge in [0.2, 0.25) is 0 Å². The number of phenols is 1. The van der Waals surface area contributed by atoms with Crippen molar-refractivity contribution in [3.63, 3.8) is 0 Å². The molecule has 62 valence electrons. The molecular formula is C8H4Br2OS. The summed E-state index contributed by atoms with van der Waals surface area (Å²) < 4.78 is 2.86. The SMILES string of the molecule is Oc1c(Br)ccc2sc(Br)cc12. The van der Waals surface area contributed by atoms with Gasteiger partial charge in [0.25, 0.3) is 0 Å². The fraction of sp³-hybridized carbons (Fsp3) is 0. The molecule has 2 rings (SSSR count). The van der Waals surface area contributed by atoms with E-state index in [2.05, 4.69) is 31.9 Å². The van der Waals surface area contributed by atoms with E-state index < -0.39 is 0 Å². The third-order valence-electron chi connectivity index (χ3n) is 1.59. The first-order valence-electron chi connectivity index (χ1n) is 3.25. The van der Waals surface area contributed by atoms with E-state index in [9.17, 15) is 5.11 Å². The van der Waals surface area contributed by atoms with E-state index in [0.717, 1.165) is 18.3 Å². The monoisotopic (exact) mass is 306 g/mol. The van der Waals surface area contributed by atoms with E-state index in [4.69, 9.17) is 0 Å². The van der Waals surface area contributed by atoms with Crippen LogP contribution in [0.5, 0.6) is 5.75 Å². The number of thiophene rings is 1. The molecule has 1 N–H and O–H groups in total. The van der Waals surface area contributed by atoms with Crippen molar-refractivity contribution in [2.45, 2.75) is 0 Å². The Balaban J connectivity index is 2.89. The minimum Gasteiger partial charge on any atom is -0.506 e. The number of halogens is 2. The van der Waals surface area contributed by atoms with Crippen LogP contribution in [0.4, 0.5) is 0 Å². The van der Waals surface area contributed by atoms with Gasteiger partial charge in [0.05, 0.1) is 8.26 Å². The van der Waals surface area contributed by atoms with Crippen LogP contribution in [0.2, 0.25) is 0 Å². The Bertz CT molecular complexity index is 436. The van der Waals surface area contributed by atoms with Crippen LogP contribution in [0.25, 0.3) is 10.1 Å². The van der Waals surface area contributed by atoms with Crippen LogP contribution in [0, 0.1) is 0 Å². The number of fused-ring (bicyclic) bond motifs is 1. The first kappa shape index (κ1) is 8.53. The van der Waals surface area contributed by atoms with Gasteiger partial charge in [-0.05, 0) is 50.1 Å². The minimum absolute atomic E-state index is 0.314. The van der Waals surface area contributed by atoms with Crippen LogP contribution < -0.4 is 0 Å². The van der Waals surface area contributed by atoms with Gasteiger partial charge in [-0.15, -0.1) is 11.3 Å². The molecule has 0 aliphatic rings. The summed E-state index contributed by atoms with van der Waals surface area (Å²) >= 11 is 8.25. The van der Waals surface area contributed by atoms with Crippen molar-refractivity contribution >= 4 is 53.3 Å². The summed E-state index contributed by atoms with van der Waals surface area (Å²) in [5, 5.41) is 10.5. The van der Waals surface area contributed by atoms with Crippen molar-refractivity contribution in [2.24, 2.45) is 0 Å². The van der Waals surface area contributed by atoms with E-state index in [0.29, 0.717) is 5.75 Å². The number of phenolic OH excluding ortho intramolecular Hbond substituents is 1. The Kier molecular flexibility index (Phi) is 2.14. The van der Waals surface area contributed by atoms with Crippen LogP contribution >= 0.6 is 43.2 Å². The van der Waals surface area contributed by atoms with E-state index in [1.54, 1.807) is 11.3 Å². The first-order chi connectivity index (χ1) is 5.68. The topological polar surface area (TPSA) is 20.2 Å².